The lowest BCUT2D eigenvalue weighted by atomic mass is 10.0. The Labute approximate surface area is 152 Å². The summed E-state index contributed by atoms with van der Waals surface area (Å²) >= 11 is 0. The zero-order chi connectivity index (χ0) is 19.7. The van der Waals surface area contributed by atoms with Crippen LogP contribution in [0.2, 0.25) is 0 Å². The Bertz CT molecular complexity index is 713. The van der Waals surface area contributed by atoms with Crippen LogP contribution >= 0.6 is 0 Å². The number of nitrogens with two attached hydrogens (primary N) is 1. The van der Waals surface area contributed by atoms with Gasteiger partial charge in [-0.2, -0.15) is 4.98 Å². The first kappa shape index (κ1) is 22.0. The molecule has 0 aliphatic rings. The second kappa shape index (κ2) is 10.9. The summed E-state index contributed by atoms with van der Waals surface area (Å²) in [5.74, 6) is -0.264. The standard InChI is InChI=1S/C14H23N5O5.C2H6/c1-8(9(6-20)23-3)13(24-5-4-22-2)19-7-16-10-11(19)17-14(15)18-12(10)21;1-2/h7-9,13,20H,4-6H2,1-3H3,(H3,15,17,18,21);1-2H3. The number of fused-ring (bicyclic) bond motifs is 1. The smallest absolute Gasteiger partial charge is 0.280 e. The number of aliphatic hydroxyl groups is 1. The molecule has 0 aliphatic carbocycles. The molecule has 2 aromatic heterocycles. The van der Waals surface area contributed by atoms with Crippen LogP contribution in [-0.4, -0.2) is 64.8 Å². The summed E-state index contributed by atoms with van der Waals surface area (Å²) in [4.78, 5) is 22.6. The summed E-state index contributed by atoms with van der Waals surface area (Å²) in [5.41, 5.74) is 5.67. The molecule has 26 heavy (non-hydrogen) atoms. The van der Waals surface area contributed by atoms with E-state index in [1.165, 1.54) is 13.4 Å². The van der Waals surface area contributed by atoms with E-state index in [4.69, 9.17) is 19.9 Å². The predicted molar refractivity (Wildman–Crippen MR) is 97.8 cm³/mol. The molecular weight excluding hydrogens is 342 g/mol. The predicted octanol–water partition coefficient (Wildman–Crippen LogP) is 0.533. The fraction of sp³-hybridized carbons (Fsp3) is 0.688. The molecule has 0 saturated heterocycles. The second-order valence-corrected chi connectivity index (χ2v) is 5.35. The van der Waals surface area contributed by atoms with Crippen LogP contribution in [0.3, 0.4) is 0 Å². The SMILES string of the molecule is CC.COCCOC(C(C)C(CO)OC)n1cnc2c(=O)[nH]c(N)nc21. The number of hydrogen-bond donors (Lipinski definition) is 3. The first-order valence-electron chi connectivity index (χ1n) is 8.50. The molecule has 3 atom stereocenters. The Morgan fingerprint density at radius 3 is 2.62 bits per heavy atom. The second-order valence-electron chi connectivity index (χ2n) is 5.35. The number of rotatable bonds is 9. The van der Waals surface area contributed by atoms with E-state index >= 15 is 0 Å². The molecule has 0 bridgehead atoms. The van der Waals surface area contributed by atoms with Crippen molar-refractivity contribution < 1.29 is 19.3 Å². The molecule has 0 spiro atoms. The molecule has 2 heterocycles. The van der Waals surface area contributed by atoms with Gasteiger partial charge in [-0.15, -0.1) is 0 Å². The summed E-state index contributed by atoms with van der Waals surface area (Å²) < 4.78 is 17.8. The third kappa shape index (κ3) is 5.01. The van der Waals surface area contributed by atoms with Gasteiger partial charge in [0.05, 0.1) is 32.3 Å². The number of nitrogens with one attached hydrogen (secondary N) is 1. The van der Waals surface area contributed by atoms with E-state index in [-0.39, 0.29) is 24.0 Å². The molecule has 0 radical (unpaired) electrons. The number of imidazole rings is 1. The molecule has 0 saturated carbocycles. The van der Waals surface area contributed by atoms with Crippen molar-refractivity contribution in [1.82, 2.24) is 19.5 Å². The molecule has 0 aromatic carbocycles. The van der Waals surface area contributed by atoms with E-state index in [1.54, 1.807) is 11.7 Å². The third-order valence-electron chi connectivity index (χ3n) is 3.82. The minimum absolute atomic E-state index is 0.0111. The monoisotopic (exact) mass is 371 g/mol. The van der Waals surface area contributed by atoms with Gasteiger partial charge in [0, 0.05) is 20.1 Å². The Morgan fingerprint density at radius 2 is 2.04 bits per heavy atom. The number of aliphatic hydroxyl groups excluding tert-OH is 1. The van der Waals surface area contributed by atoms with E-state index in [0.717, 1.165) is 0 Å². The fourth-order valence-corrected chi connectivity index (χ4v) is 2.51. The topological polar surface area (TPSA) is 138 Å². The highest BCUT2D eigenvalue weighted by atomic mass is 16.5. The zero-order valence-corrected chi connectivity index (χ0v) is 15.9. The quantitative estimate of drug-likeness (QED) is 0.543. The lowest BCUT2D eigenvalue weighted by Crippen LogP contribution is -2.34. The zero-order valence-electron chi connectivity index (χ0n) is 15.9. The summed E-state index contributed by atoms with van der Waals surface area (Å²) in [7, 11) is 3.08. The van der Waals surface area contributed by atoms with Gasteiger partial charge in [-0.3, -0.25) is 14.3 Å². The fourth-order valence-electron chi connectivity index (χ4n) is 2.51. The molecule has 10 heteroatoms. The van der Waals surface area contributed by atoms with Crippen LogP contribution in [-0.2, 0) is 14.2 Å². The Balaban J connectivity index is 0.00000163. The highest BCUT2D eigenvalue weighted by Crippen LogP contribution is 2.26. The maximum absolute atomic E-state index is 11.9. The van der Waals surface area contributed by atoms with Crippen LogP contribution in [0.4, 0.5) is 5.95 Å². The number of aromatic nitrogens is 4. The van der Waals surface area contributed by atoms with Crippen molar-refractivity contribution in [2.75, 3.05) is 39.8 Å². The molecule has 2 rings (SSSR count). The van der Waals surface area contributed by atoms with Gasteiger partial charge in [0.15, 0.2) is 11.2 Å². The molecule has 2 aromatic rings. The van der Waals surface area contributed by atoms with Crippen LogP contribution in [0.15, 0.2) is 11.1 Å². The molecule has 0 aliphatic heterocycles. The lowest BCUT2D eigenvalue weighted by molar-refractivity contribution is -0.101. The van der Waals surface area contributed by atoms with Gasteiger partial charge >= 0.3 is 0 Å². The van der Waals surface area contributed by atoms with Gasteiger partial charge in [0.2, 0.25) is 5.95 Å². The van der Waals surface area contributed by atoms with Gasteiger partial charge in [-0.25, -0.2) is 4.98 Å². The molecule has 3 unspecified atom stereocenters. The minimum Gasteiger partial charge on any atom is -0.394 e. The summed E-state index contributed by atoms with van der Waals surface area (Å²) in [6, 6.07) is 0. The molecular formula is C16H29N5O5. The highest BCUT2D eigenvalue weighted by Gasteiger charge is 2.29. The van der Waals surface area contributed by atoms with Crippen molar-refractivity contribution in [2.24, 2.45) is 5.92 Å². The van der Waals surface area contributed by atoms with Crippen molar-refractivity contribution in [3.8, 4) is 0 Å². The minimum atomic E-state index is -0.573. The number of nitrogens with zero attached hydrogens (tertiary/aromatic N) is 3. The van der Waals surface area contributed by atoms with Crippen molar-refractivity contribution in [3.63, 3.8) is 0 Å². The average molecular weight is 371 g/mol. The van der Waals surface area contributed by atoms with Gasteiger partial charge in [-0.1, -0.05) is 20.8 Å². The van der Waals surface area contributed by atoms with E-state index in [1.807, 2.05) is 20.8 Å². The number of aromatic amines is 1. The van der Waals surface area contributed by atoms with Gasteiger partial charge in [0.25, 0.3) is 5.56 Å². The maximum Gasteiger partial charge on any atom is 0.280 e. The molecule has 148 valence electrons. The van der Waals surface area contributed by atoms with Crippen molar-refractivity contribution in [2.45, 2.75) is 33.1 Å². The van der Waals surface area contributed by atoms with E-state index in [2.05, 4.69) is 15.0 Å². The first-order chi connectivity index (χ1) is 12.5. The number of methoxy groups -OCH3 is 2. The van der Waals surface area contributed by atoms with Crippen LogP contribution in [0.25, 0.3) is 11.2 Å². The number of hydrogen-bond acceptors (Lipinski definition) is 8. The Morgan fingerprint density at radius 1 is 1.35 bits per heavy atom. The van der Waals surface area contributed by atoms with Crippen LogP contribution in [0.5, 0.6) is 0 Å². The van der Waals surface area contributed by atoms with Gasteiger partial charge in [-0.05, 0) is 0 Å². The van der Waals surface area contributed by atoms with Crippen LogP contribution in [0.1, 0.15) is 27.0 Å². The van der Waals surface area contributed by atoms with Gasteiger partial charge < -0.3 is 25.1 Å². The van der Waals surface area contributed by atoms with Gasteiger partial charge in [0.1, 0.15) is 6.23 Å². The molecule has 0 fully saturated rings. The molecule has 0 amide bonds. The summed E-state index contributed by atoms with van der Waals surface area (Å²) in [6.45, 7) is 6.39. The number of anilines is 1. The largest absolute Gasteiger partial charge is 0.394 e. The normalized spacial score (nSPS) is 14.5. The number of ether oxygens (including phenoxy) is 3. The van der Waals surface area contributed by atoms with Crippen LogP contribution in [0, 0.1) is 5.92 Å². The third-order valence-corrected chi connectivity index (χ3v) is 3.82. The Kier molecular flexibility index (Phi) is 9.21. The van der Waals surface area contributed by atoms with Crippen molar-refractivity contribution in [3.05, 3.63) is 16.7 Å². The average Bonchev–Trinajstić information content (AvgIpc) is 3.05. The van der Waals surface area contributed by atoms with Crippen LogP contribution < -0.4 is 11.3 Å². The number of H-pyrrole nitrogens is 1. The van der Waals surface area contributed by atoms with Crippen molar-refractivity contribution >= 4 is 17.1 Å². The van der Waals surface area contributed by atoms with E-state index < -0.39 is 17.9 Å². The van der Waals surface area contributed by atoms with Crippen molar-refractivity contribution in [1.29, 1.82) is 0 Å². The Hall–Kier alpha value is -2.01. The van der Waals surface area contributed by atoms with E-state index in [9.17, 15) is 9.90 Å². The summed E-state index contributed by atoms with van der Waals surface area (Å²) in [6.07, 6.45) is 0.426. The number of nitrogen functional groups attached to an aromatic ring is 1. The van der Waals surface area contributed by atoms with E-state index in [0.29, 0.717) is 18.9 Å². The molecule has 10 nitrogen and oxygen atoms in total. The lowest BCUT2D eigenvalue weighted by Gasteiger charge is -2.30. The maximum atomic E-state index is 11.9. The highest BCUT2D eigenvalue weighted by molar-refractivity contribution is 5.70. The summed E-state index contributed by atoms with van der Waals surface area (Å²) in [5, 5.41) is 9.50. The first-order valence-corrected chi connectivity index (χ1v) is 8.50. The molecule has 4 N–H and O–H groups in total.